The third-order valence-corrected chi connectivity index (χ3v) is 5.30. The van der Waals surface area contributed by atoms with Crippen LogP contribution in [0.4, 0.5) is 0 Å². The number of hydrogen-bond acceptors (Lipinski definition) is 5. The van der Waals surface area contributed by atoms with E-state index in [1.807, 2.05) is 6.07 Å². The van der Waals surface area contributed by atoms with Crippen LogP contribution in [0.25, 0.3) is 11.0 Å². The molecule has 0 saturated carbocycles. The van der Waals surface area contributed by atoms with E-state index in [0.29, 0.717) is 28.0 Å². The van der Waals surface area contributed by atoms with Crippen LogP contribution >= 0.6 is 15.9 Å². The molecule has 1 aliphatic heterocycles. The second kappa shape index (κ2) is 6.45. The van der Waals surface area contributed by atoms with Crippen molar-refractivity contribution in [3.63, 3.8) is 0 Å². The van der Waals surface area contributed by atoms with Gasteiger partial charge in [0.15, 0.2) is 5.43 Å². The number of halogens is 1. The first-order valence-electron chi connectivity index (χ1n) is 8.64. The van der Waals surface area contributed by atoms with Gasteiger partial charge >= 0.3 is 0 Å². The lowest BCUT2D eigenvalue weighted by Crippen LogP contribution is -2.29. The Labute approximate surface area is 167 Å². The molecule has 0 unspecified atom stereocenters. The minimum atomic E-state index is -0.645. The van der Waals surface area contributed by atoms with Crippen molar-refractivity contribution in [3.05, 3.63) is 98.5 Å². The Morgan fingerprint density at radius 3 is 2.75 bits per heavy atom. The first-order valence-corrected chi connectivity index (χ1v) is 9.43. The lowest BCUT2D eigenvalue weighted by molar-refractivity contribution is 0.0699. The number of benzene rings is 1. The number of carbonyl (C=O) groups is 1. The van der Waals surface area contributed by atoms with Crippen LogP contribution < -0.4 is 5.43 Å². The third kappa shape index (κ3) is 2.58. The molecule has 4 aromatic rings. The number of nitrogens with zero attached hydrogens (tertiary/aromatic N) is 2. The molecular weight excluding hydrogens is 424 g/mol. The fourth-order valence-corrected chi connectivity index (χ4v) is 3.93. The van der Waals surface area contributed by atoms with Crippen molar-refractivity contribution < 1.29 is 13.6 Å². The minimum absolute atomic E-state index is 0.0574. The summed E-state index contributed by atoms with van der Waals surface area (Å²) in [6.07, 6.45) is 3.19. The number of furan rings is 1. The van der Waals surface area contributed by atoms with Gasteiger partial charge in [0.25, 0.3) is 5.91 Å². The van der Waals surface area contributed by atoms with Crippen molar-refractivity contribution in [2.45, 2.75) is 12.6 Å². The second-order valence-electron chi connectivity index (χ2n) is 6.48. The highest BCUT2D eigenvalue weighted by molar-refractivity contribution is 9.10. The monoisotopic (exact) mass is 436 g/mol. The molecule has 1 aliphatic rings. The van der Waals surface area contributed by atoms with Crippen molar-refractivity contribution in [2.24, 2.45) is 0 Å². The van der Waals surface area contributed by atoms with E-state index in [0.717, 1.165) is 4.47 Å². The summed E-state index contributed by atoms with van der Waals surface area (Å²) < 4.78 is 12.1. The van der Waals surface area contributed by atoms with Gasteiger partial charge in [-0.1, -0.05) is 22.0 Å². The van der Waals surface area contributed by atoms with Gasteiger partial charge in [-0.2, -0.15) is 0 Å². The number of amides is 1. The third-order valence-electron chi connectivity index (χ3n) is 4.80. The molecule has 0 spiro atoms. The van der Waals surface area contributed by atoms with E-state index in [1.54, 1.807) is 59.8 Å². The van der Waals surface area contributed by atoms with Crippen molar-refractivity contribution in [1.82, 2.24) is 9.88 Å². The van der Waals surface area contributed by atoms with Gasteiger partial charge in [0.1, 0.15) is 17.4 Å². The number of aromatic nitrogens is 1. The average molecular weight is 437 g/mol. The maximum absolute atomic E-state index is 13.3. The van der Waals surface area contributed by atoms with Gasteiger partial charge in [-0.3, -0.25) is 14.6 Å². The molecule has 1 amide bonds. The zero-order valence-corrected chi connectivity index (χ0v) is 16.0. The molecule has 1 atom stereocenters. The number of hydrogen-bond donors (Lipinski definition) is 0. The zero-order chi connectivity index (χ0) is 19.3. The lowest BCUT2D eigenvalue weighted by atomic mass is 10.0. The zero-order valence-electron chi connectivity index (χ0n) is 14.5. The largest absolute Gasteiger partial charge is 0.467 e. The van der Waals surface area contributed by atoms with Crippen LogP contribution in [-0.4, -0.2) is 15.8 Å². The molecule has 0 saturated heterocycles. The normalized spacial score (nSPS) is 16.0. The summed E-state index contributed by atoms with van der Waals surface area (Å²) >= 11 is 3.39. The van der Waals surface area contributed by atoms with Crippen LogP contribution in [0.1, 0.15) is 33.6 Å². The molecule has 1 aromatic carbocycles. The lowest BCUT2D eigenvalue weighted by Gasteiger charge is -2.23. The number of pyridine rings is 1. The molecule has 7 heteroatoms. The topological polar surface area (TPSA) is 76.6 Å². The average Bonchev–Trinajstić information content (AvgIpc) is 3.31. The first kappa shape index (κ1) is 16.9. The van der Waals surface area contributed by atoms with Crippen LogP contribution in [0.5, 0.6) is 0 Å². The summed E-state index contributed by atoms with van der Waals surface area (Å²) in [5.41, 5.74) is 1.05. The quantitative estimate of drug-likeness (QED) is 0.478. The van der Waals surface area contributed by atoms with Crippen molar-refractivity contribution in [1.29, 1.82) is 0 Å². The molecule has 138 valence electrons. The van der Waals surface area contributed by atoms with Crippen molar-refractivity contribution in [2.75, 3.05) is 0 Å². The highest BCUT2D eigenvalue weighted by Crippen LogP contribution is 2.38. The predicted molar refractivity (Wildman–Crippen MR) is 105 cm³/mol. The summed E-state index contributed by atoms with van der Waals surface area (Å²) in [5.74, 6) is 0.313. The minimum Gasteiger partial charge on any atom is -0.467 e. The molecule has 0 aliphatic carbocycles. The standard InChI is InChI=1S/C21H13BrN2O4/c22-12-6-7-16-14(10-12)19(25)17-18(15-5-1-2-8-23-15)24(21(26)20(17)28-16)11-13-4-3-9-27-13/h1-10,18H,11H2/t18-/m1/s1. The molecular formula is C21H13BrN2O4. The summed E-state index contributed by atoms with van der Waals surface area (Å²) in [7, 11) is 0. The Hall–Kier alpha value is -3.19. The maximum atomic E-state index is 13.3. The Kier molecular flexibility index (Phi) is 3.91. The van der Waals surface area contributed by atoms with Crippen LogP contribution in [-0.2, 0) is 6.54 Å². The number of rotatable bonds is 3. The summed E-state index contributed by atoms with van der Waals surface area (Å²) in [5, 5.41) is 0.418. The van der Waals surface area contributed by atoms with Gasteiger partial charge < -0.3 is 13.7 Å². The summed E-state index contributed by atoms with van der Waals surface area (Å²) in [6, 6.07) is 13.5. The Balaban J connectivity index is 1.76. The van der Waals surface area contributed by atoms with E-state index in [1.165, 1.54) is 0 Å². The van der Waals surface area contributed by atoms with Gasteiger partial charge in [0.05, 0.1) is 29.5 Å². The fraction of sp³-hybridized carbons (Fsp3) is 0.0952. The smallest absolute Gasteiger partial charge is 0.291 e. The van der Waals surface area contributed by atoms with Crippen molar-refractivity contribution in [3.8, 4) is 0 Å². The van der Waals surface area contributed by atoms with Crippen LogP contribution in [0, 0.1) is 0 Å². The molecule has 5 rings (SSSR count). The SMILES string of the molecule is O=C1c2oc3ccc(Br)cc3c(=O)c2[C@@H](c2ccccn2)N1Cc1ccco1. The second-order valence-corrected chi connectivity index (χ2v) is 7.40. The van der Waals surface area contributed by atoms with Gasteiger partial charge in [-0.05, 0) is 42.5 Å². The van der Waals surface area contributed by atoms with E-state index in [2.05, 4.69) is 20.9 Å². The highest BCUT2D eigenvalue weighted by atomic mass is 79.9. The van der Waals surface area contributed by atoms with Crippen LogP contribution in [0.15, 0.2) is 79.1 Å². The van der Waals surface area contributed by atoms with Gasteiger partial charge in [0, 0.05) is 10.7 Å². The van der Waals surface area contributed by atoms with Crippen LogP contribution in [0.2, 0.25) is 0 Å². The Morgan fingerprint density at radius 2 is 2.00 bits per heavy atom. The predicted octanol–water partition coefficient (Wildman–Crippen LogP) is 4.29. The molecule has 0 bridgehead atoms. The maximum Gasteiger partial charge on any atom is 0.291 e. The molecule has 0 N–H and O–H groups in total. The number of fused-ring (bicyclic) bond motifs is 2. The van der Waals surface area contributed by atoms with Gasteiger partial charge in [-0.25, -0.2) is 0 Å². The van der Waals surface area contributed by atoms with E-state index >= 15 is 0 Å². The summed E-state index contributed by atoms with van der Waals surface area (Å²) in [6.45, 7) is 0.205. The highest BCUT2D eigenvalue weighted by Gasteiger charge is 2.43. The number of carbonyl (C=O) groups excluding carboxylic acids is 1. The fourth-order valence-electron chi connectivity index (χ4n) is 3.57. The molecule has 0 radical (unpaired) electrons. The molecule has 28 heavy (non-hydrogen) atoms. The summed E-state index contributed by atoms with van der Waals surface area (Å²) in [4.78, 5) is 32.5. The van der Waals surface area contributed by atoms with E-state index in [4.69, 9.17) is 8.83 Å². The van der Waals surface area contributed by atoms with Crippen molar-refractivity contribution >= 4 is 32.8 Å². The Morgan fingerprint density at radius 1 is 1.11 bits per heavy atom. The van der Waals surface area contributed by atoms with E-state index in [9.17, 15) is 9.59 Å². The molecule has 4 heterocycles. The molecule has 6 nitrogen and oxygen atoms in total. The van der Waals surface area contributed by atoms with E-state index < -0.39 is 6.04 Å². The molecule has 3 aromatic heterocycles. The van der Waals surface area contributed by atoms with Gasteiger partial charge in [-0.15, -0.1) is 0 Å². The van der Waals surface area contributed by atoms with E-state index in [-0.39, 0.29) is 23.6 Å². The van der Waals surface area contributed by atoms with Gasteiger partial charge in [0.2, 0.25) is 5.76 Å². The molecule has 0 fully saturated rings. The Bertz CT molecular complexity index is 1250. The van der Waals surface area contributed by atoms with Crippen LogP contribution in [0.3, 0.4) is 0 Å². The first-order chi connectivity index (χ1) is 13.6.